The summed E-state index contributed by atoms with van der Waals surface area (Å²) in [4.78, 5) is 15.4. The molecular formula is C21H17FN6O2S. The lowest BCUT2D eigenvalue weighted by molar-refractivity contribution is 0.587. The molecule has 0 bridgehead atoms. The van der Waals surface area contributed by atoms with Crippen molar-refractivity contribution >= 4 is 38.8 Å². The van der Waals surface area contributed by atoms with Gasteiger partial charge in [0, 0.05) is 0 Å². The van der Waals surface area contributed by atoms with E-state index in [9.17, 15) is 12.8 Å². The minimum absolute atomic E-state index is 0.0796. The highest BCUT2D eigenvalue weighted by atomic mass is 32.2. The molecule has 0 saturated heterocycles. The zero-order valence-corrected chi connectivity index (χ0v) is 17.1. The number of imidazole rings is 1. The Kier molecular flexibility index (Phi) is 4.44. The molecule has 0 spiro atoms. The maximum atomic E-state index is 13.9. The molecule has 10 heteroatoms. The summed E-state index contributed by atoms with van der Waals surface area (Å²) in [5, 5.41) is 3.24. The summed E-state index contributed by atoms with van der Waals surface area (Å²) >= 11 is 0. The highest BCUT2D eigenvalue weighted by Crippen LogP contribution is 2.37. The number of hydrogen-bond donors (Lipinski definition) is 2. The van der Waals surface area contributed by atoms with Crippen molar-refractivity contribution in [2.45, 2.75) is 17.9 Å². The predicted octanol–water partition coefficient (Wildman–Crippen LogP) is 3.54. The number of aromatic nitrogens is 4. The summed E-state index contributed by atoms with van der Waals surface area (Å²) in [6.45, 7) is 1.83. The van der Waals surface area contributed by atoms with E-state index in [0.29, 0.717) is 33.9 Å². The van der Waals surface area contributed by atoms with Gasteiger partial charge in [0.05, 0.1) is 28.6 Å². The van der Waals surface area contributed by atoms with Gasteiger partial charge in [-0.2, -0.15) is 0 Å². The number of anilines is 2. The van der Waals surface area contributed by atoms with E-state index in [0.717, 1.165) is 6.07 Å². The van der Waals surface area contributed by atoms with Crippen LogP contribution in [0.25, 0.3) is 17.2 Å². The van der Waals surface area contributed by atoms with Gasteiger partial charge in [-0.15, -0.1) is 0 Å². The van der Waals surface area contributed by atoms with Gasteiger partial charge in [-0.3, -0.25) is 0 Å². The highest BCUT2D eigenvalue weighted by molar-refractivity contribution is 7.93. The SMILES string of the molecule is CC(Nc1ncnc2[nH]cnc12)C1=Cc2ccc(F)cc2S(=O)(=O)N1c1ccccc1. The lowest BCUT2D eigenvalue weighted by Gasteiger charge is -2.34. The summed E-state index contributed by atoms with van der Waals surface area (Å²) in [6.07, 6.45) is 4.65. The standard InChI is InChI=1S/C21H17FN6O2S/c1-13(27-21-19-20(24-11-23-19)25-12-26-21)17-9-14-7-8-15(22)10-18(14)31(29,30)28(17)16-5-3-2-4-6-16/h2-13H,1H3,(H2,23,24,25,26,27). The Labute approximate surface area is 177 Å². The summed E-state index contributed by atoms with van der Waals surface area (Å²) in [5.41, 5.74) is 2.44. The molecule has 2 aromatic carbocycles. The maximum Gasteiger partial charge on any atom is 0.269 e. The maximum absolute atomic E-state index is 13.9. The number of hydrogen-bond acceptors (Lipinski definition) is 6. The smallest absolute Gasteiger partial charge is 0.269 e. The molecule has 0 amide bonds. The second-order valence-corrected chi connectivity index (χ2v) is 8.80. The van der Waals surface area contributed by atoms with E-state index in [1.54, 1.807) is 36.4 Å². The minimum Gasteiger partial charge on any atom is -0.360 e. The molecule has 4 aromatic rings. The van der Waals surface area contributed by atoms with Crippen molar-refractivity contribution < 1.29 is 12.8 Å². The first-order chi connectivity index (χ1) is 14.9. The lowest BCUT2D eigenvalue weighted by atomic mass is 10.1. The van der Waals surface area contributed by atoms with Crippen LogP contribution in [0.15, 0.2) is 71.8 Å². The fraction of sp³-hybridized carbons (Fsp3) is 0.0952. The topological polar surface area (TPSA) is 104 Å². The van der Waals surface area contributed by atoms with Gasteiger partial charge in [-0.05, 0) is 42.8 Å². The molecule has 8 nitrogen and oxygen atoms in total. The van der Waals surface area contributed by atoms with Crippen LogP contribution in [0.4, 0.5) is 15.9 Å². The van der Waals surface area contributed by atoms with Gasteiger partial charge in [-0.1, -0.05) is 24.3 Å². The summed E-state index contributed by atoms with van der Waals surface area (Å²) < 4.78 is 42.2. The van der Waals surface area contributed by atoms with E-state index in [4.69, 9.17) is 0 Å². The van der Waals surface area contributed by atoms with E-state index in [-0.39, 0.29) is 4.90 Å². The third kappa shape index (κ3) is 3.21. The van der Waals surface area contributed by atoms with Crippen LogP contribution in [-0.4, -0.2) is 34.4 Å². The third-order valence-electron chi connectivity index (χ3n) is 5.04. The van der Waals surface area contributed by atoms with Crippen molar-refractivity contribution in [2.75, 3.05) is 9.62 Å². The predicted molar refractivity (Wildman–Crippen MR) is 115 cm³/mol. The lowest BCUT2D eigenvalue weighted by Crippen LogP contribution is -2.39. The summed E-state index contributed by atoms with van der Waals surface area (Å²) in [6, 6.07) is 12.0. The van der Waals surface area contributed by atoms with Crippen molar-refractivity contribution in [1.82, 2.24) is 19.9 Å². The fourth-order valence-corrected chi connectivity index (χ4v) is 5.38. The number of aromatic amines is 1. The minimum atomic E-state index is -4.05. The van der Waals surface area contributed by atoms with Crippen molar-refractivity contribution in [1.29, 1.82) is 0 Å². The number of para-hydroxylation sites is 1. The zero-order valence-electron chi connectivity index (χ0n) is 16.3. The number of rotatable bonds is 4. The average Bonchev–Trinajstić information content (AvgIpc) is 3.24. The monoisotopic (exact) mass is 436 g/mol. The highest BCUT2D eigenvalue weighted by Gasteiger charge is 2.36. The second-order valence-electron chi connectivity index (χ2n) is 7.04. The van der Waals surface area contributed by atoms with E-state index >= 15 is 0 Å². The number of sulfonamides is 1. The quantitative estimate of drug-likeness (QED) is 0.507. The number of fused-ring (bicyclic) bond motifs is 2. The average molecular weight is 436 g/mol. The van der Waals surface area contributed by atoms with Gasteiger partial charge in [0.15, 0.2) is 11.5 Å². The molecule has 0 saturated carbocycles. The van der Waals surface area contributed by atoms with Crippen LogP contribution in [0.5, 0.6) is 0 Å². The molecule has 3 heterocycles. The first-order valence-corrected chi connectivity index (χ1v) is 10.9. The molecule has 1 aliphatic heterocycles. The van der Waals surface area contributed by atoms with E-state index in [1.807, 2.05) is 6.92 Å². The van der Waals surface area contributed by atoms with E-state index in [1.165, 1.54) is 29.1 Å². The van der Waals surface area contributed by atoms with Crippen molar-refractivity contribution in [3.05, 3.63) is 78.3 Å². The molecule has 1 aliphatic rings. The second kappa shape index (κ2) is 7.17. The Bertz CT molecular complexity index is 1420. The van der Waals surface area contributed by atoms with Crippen molar-refractivity contribution in [2.24, 2.45) is 0 Å². The number of halogens is 1. The number of nitrogens with zero attached hydrogens (tertiary/aromatic N) is 4. The van der Waals surface area contributed by atoms with Crippen LogP contribution in [-0.2, 0) is 10.0 Å². The van der Waals surface area contributed by atoms with Crippen LogP contribution < -0.4 is 9.62 Å². The van der Waals surface area contributed by atoms with E-state index in [2.05, 4.69) is 25.3 Å². The number of H-pyrrole nitrogens is 1. The van der Waals surface area contributed by atoms with Crippen LogP contribution in [0.2, 0.25) is 0 Å². The van der Waals surface area contributed by atoms with Gasteiger partial charge in [0.2, 0.25) is 0 Å². The Morgan fingerprint density at radius 1 is 1.10 bits per heavy atom. The molecular weight excluding hydrogens is 419 g/mol. The molecule has 156 valence electrons. The molecule has 1 atom stereocenters. The third-order valence-corrected chi connectivity index (χ3v) is 6.85. The Hall–Kier alpha value is -3.79. The first kappa shape index (κ1) is 19.2. The molecule has 0 fully saturated rings. The number of nitrogens with one attached hydrogen (secondary N) is 2. The van der Waals surface area contributed by atoms with Crippen molar-refractivity contribution in [3.63, 3.8) is 0 Å². The molecule has 1 unspecified atom stereocenters. The summed E-state index contributed by atoms with van der Waals surface area (Å²) in [5.74, 6) is -0.143. The number of benzene rings is 2. The Morgan fingerprint density at radius 2 is 1.90 bits per heavy atom. The molecule has 31 heavy (non-hydrogen) atoms. The van der Waals surface area contributed by atoms with Gasteiger partial charge < -0.3 is 10.3 Å². The molecule has 5 rings (SSSR count). The van der Waals surface area contributed by atoms with Crippen molar-refractivity contribution in [3.8, 4) is 0 Å². The Balaban J connectivity index is 1.65. The fourth-order valence-electron chi connectivity index (χ4n) is 3.61. The van der Waals surface area contributed by atoms with Crippen LogP contribution in [0.3, 0.4) is 0 Å². The van der Waals surface area contributed by atoms with E-state index < -0.39 is 21.9 Å². The van der Waals surface area contributed by atoms with Gasteiger partial charge in [0.25, 0.3) is 10.0 Å². The van der Waals surface area contributed by atoms with Gasteiger partial charge in [0.1, 0.15) is 17.7 Å². The normalized spacial score (nSPS) is 15.9. The molecule has 0 aliphatic carbocycles. The van der Waals surface area contributed by atoms with Crippen LogP contribution in [0.1, 0.15) is 12.5 Å². The van der Waals surface area contributed by atoms with Crippen LogP contribution in [0, 0.1) is 5.82 Å². The van der Waals surface area contributed by atoms with Gasteiger partial charge in [-0.25, -0.2) is 32.1 Å². The molecule has 2 N–H and O–H groups in total. The zero-order chi connectivity index (χ0) is 21.6. The molecule has 2 aromatic heterocycles. The largest absolute Gasteiger partial charge is 0.360 e. The first-order valence-electron chi connectivity index (χ1n) is 9.47. The summed E-state index contributed by atoms with van der Waals surface area (Å²) in [7, 11) is -4.05. The van der Waals surface area contributed by atoms with Crippen LogP contribution >= 0.6 is 0 Å². The Morgan fingerprint density at radius 3 is 2.71 bits per heavy atom. The molecule has 0 radical (unpaired) electrons. The van der Waals surface area contributed by atoms with Gasteiger partial charge >= 0.3 is 0 Å².